The highest BCUT2D eigenvalue weighted by molar-refractivity contribution is 5.91. The molecule has 0 radical (unpaired) electrons. The zero-order valence-electron chi connectivity index (χ0n) is 13.9. The summed E-state index contributed by atoms with van der Waals surface area (Å²) < 4.78 is 10.5. The molecule has 0 spiro atoms. The Morgan fingerprint density at radius 2 is 1.92 bits per heavy atom. The van der Waals surface area contributed by atoms with Crippen molar-refractivity contribution in [3.05, 3.63) is 29.8 Å². The second-order valence-electron chi connectivity index (χ2n) is 5.43. The molecule has 0 aromatic heterocycles. The van der Waals surface area contributed by atoms with Gasteiger partial charge in [0.05, 0.1) is 25.7 Å². The van der Waals surface area contributed by atoms with Crippen molar-refractivity contribution in [3.8, 4) is 0 Å². The number of benzene rings is 1. The second-order valence-corrected chi connectivity index (χ2v) is 5.43. The van der Waals surface area contributed by atoms with E-state index in [1.165, 1.54) is 5.56 Å². The number of morpholine rings is 1. The number of nitrogens with one attached hydrogen (secondary N) is 1. The van der Waals surface area contributed by atoms with Crippen LogP contribution in [0.25, 0.3) is 0 Å². The van der Waals surface area contributed by atoms with E-state index < -0.39 is 0 Å². The van der Waals surface area contributed by atoms with E-state index in [0.717, 1.165) is 38.5 Å². The summed E-state index contributed by atoms with van der Waals surface area (Å²) in [7, 11) is 1.56. The number of carbonyl (C=O) groups is 1. The highest BCUT2D eigenvalue weighted by Crippen LogP contribution is 2.13. The van der Waals surface area contributed by atoms with Gasteiger partial charge in [0.25, 0.3) is 0 Å². The fraction of sp³-hybridized carbons (Fsp3) is 0.562. The Kier molecular flexibility index (Phi) is 12.0. The Labute approximate surface area is 155 Å². The third-order valence-electron chi connectivity index (χ3n) is 3.76. The lowest BCUT2D eigenvalue weighted by molar-refractivity contribution is -0.118. The fourth-order valence-corrected chi connectivity index (χ4v) is 2.39. The molecule has 0 saturated carbocycles. The van der Waals surface area contributed by atoms with E-state index >= 15 is 0 Å². The minimum absolute atomic E-state index is 0. The van der Waals surface area contributed by atoms with E-state index in [9.17, 15) is 4.79 Å². The quantitative estimate of drug-likeness (QED) is 0.753. The number of nitrogens with zero attached hydrogens (tertiary/aromatic N) is 1. The first-order valence-electron chi connectivity index (χ1n) is 7.63. The summed E-state index contributed by atoms with van der Waals surface area (Å²) in [6, 6.07) is 7.94. The Bertz CT molecular complexity index is 464. The van der Waals surface area contributed by atoms with Gasteiger partial charge in [-0.3, -0.25) is 9.69 Å². The van der Waals surface area contributed by atoms with Gasteiger partial charge >= 0.3 is 0 Å². The van der Waals surface area contributed by atoms with E-state index in [0.29, 0.717) is 6.54 Å². The summed E-state index contributed by atoms with van der Waals surface area (Å²) in [5.41, 5.74) is 7.54. The van der Waals surface area contributed by atoms with Crippen molar-refractivity contribution in [1.82, 2.24) is 4.90 Å². The number of methoxy groups -OCH3 is 1. The SMILES string of the molecule is COC(CN)CC(=O)Nc1ccc(CN2CCOCC2)cc1.Cl.Cl. The van der Waals surface area contributed by atoms with Crippen LogP contribution < -0.4 is 11.1 Å². The lowest BCUT2D eigenvalue weighted by Crippen LogP contribution is -2.35. The van der Waals surface area contributed by atoms with E-state index in [-0.39, 0.29) is 43.2 Å². The topological polar surface area (TPSA) is 76.8 Å². The van der Waals surface area contributed by atoms with Gasteiger partial charge in [-0.05, 0) is 17.7 Å². The van der Waals surface area contributed by atoms with Crippen LogP contribution in [0.3, 0.4) is 0 Å². The molecule has 1 atom stereocenters. The Balaban J connectivity index is 0.00000264. The molecular formula is C16H27Cl2N3O3. The molecule has 1 saturated heterocycles. The van der Waals surface area contributed by atoms with Gasteiger partial charge in [0.15, 0.2) is 0 Å². The van der Waals surface area contributed by atoms with Crippen molar-refractivity contribution < 1.29 is 14.3 Å². The first kappa shape index (κ1) is 23.1. The number of carbonyl (C=O) groups excluding carboxylic acids is 1. The number of halogens is 2. The van der Waals surface area contributed by atoms with Crippen LogP contribution in [0.4, 0.5) is 5.69 Å². The maximum Gasteiger partial charge on any atom is 0.227 e. The van der Waals surface area contributed by atoms with Crippen LogP contribution >= 0.6 is 24.8 Å². The average Bonchev–Trinajstić information content (AvgIpc) is 2.55. The van der Waals surface area contributed by atoms with E-state index in [1.54, 1.807) is 7.11 Å². The van der Waals surface area contributed by atoms with Gasteiger partial charge in [-0.25, -0.2) is 0 Å². The van der Waals surface area contributed by atoms with Gasteiger partial charge in [0, 0.05) is 39.0 Å². The maximum absolute atomic E-state index is 11.9. The van der Waals surface area contributed by atoms with E-state index in [1.807, 2.05) is 24.3 Å². The first-order chi connectivity index (χ1) is 10.7. The smallest absolute Gasteiger partial charge is 0.227 e. The highest BCUT2D eigenvalue weighted by Gasteiger charge is 2.12. The van der Waals surface area contributed by atoms with Crippen molar-refractivity contribution in [2.45, 2.75) is 19.1 Å². The number of rotatable bonds is 7. The van der Waals surface area contributed by atoms with Crippen LogP contribution in [0.15, 0.2) is 24.3 Å². The van der Waals surface area contributed by atoms with Gasteiger partial charge in [0.1, 0.15) is 0 Å². The van der Waals surface area contributed by atoms with E-state index in [2.05, 4.69) is 10.2 Å². The average molecular weight is 380 g/mol. The molecule has 8 heteroatoms. The number of anilines is 1. The summed E-state index contributed by atoms with van der Waals surface area (Å²) in [6.07, 6.45) is 0.0308. The summed E-state index contributed by atoms with van der Waals surface area (Å²) in [5, 5.41) is 2.86. The molecule has 0 aliphatic carbocycles. The largest absolute Gasteiger partial charge is 0.380 e. The Morgan fingerprint density at radius 3 is 2.46 bits per heavy atom. The summed E-state index contributed by atoms with van der Waals surface area (Å²) >= 11 is 0. The normalized spacial score (nSPS) is 15.8. The third kappa shape index (κ3) is 7.79. The minimum atomic E-state index is -0.236. The van der Waals surface area contributed by atoms with Crippen molar-refractivity contribution in [1.29, 1.82) is 0 Å². The van der Waals surface area contributed by atoms with Crippen molar-refractivity contribution >= 4 is 36.4 Å². The highest BCUT2D eigenvalue weighted by atomic mass is 35.5. The molecule has 138 valence electrons. The molecule has 1 aliphatic rings. The molecule has 6 nitrogen and oxygen atoms in total. The molecule has 1 aromatic rings. The second kappa shape index (κ2) is 12.5. The molecule has 0 bridgehead atoms. The number of hydrogen-bond acceptors (Lipinski definition) is 5. The number of amides is 1. The molecule has 1 aliphatic heterocycles. The van der Waals surface area contributed by atoms with Gasteiger partial charge in [-0.1, -0.05) is 12.1 Å². The molecule has 24 heavy (non-hydrogen) atoms. The van der Waals surface area contributed by atoms with Crippen LogP contribution in [0.5, 0.6) is 0 Å². The summed E-state index contributed by atoms with van der Waals surface area (Å²) in [5.74, 6) is -0.0850. The first-order valence-corrected chi connectivity index (χ1v) is 7.63. The standard InChI is InChI=1S/C16H25N3O3.2ClH/c1-21-15(11-17)10-16(20)18-14-4-2-13(3-5-14)12-19-6-8-22-9-7-19;;/h2-5,15H,6-12,17H2,1H3,(H,18,20);2*1H. The molecule has 1 aromatic carbocycles. The summed E-state index contributed by atoms with van der Waals surface area (Å²) in [6.45, 7) is 4.79. The van der Waals surface area contributed by atoms with Crippen LogP contribution in [0, 0.1) is 0 Å². The summed E-state index contributed by atoms with van der Waals surface area (Å²) in [4.78, 5) is 14.2. The van der Waals surface area contributed by atoms with Crippen LogP contribution in [-0.2, 0) is 20.8 Å². The lowest BCUT2D eigenvalue weighted by atomic mass is 10.1. The van der Waals surface area contributed by atoms with Gasteiger partial charge in [0.2, 0.25) is 5.91 Å². The van der Waals surface area contributed by atoms with Crippen molar-refractivity contribution in [3.63, 3.8) is 0 Å². The molecular weight excluding hydrogens is 353 g/mol. The molecule has 1 heterocycles. The number of hydrogen-bond donors (Lipinski definition) is 2. The zero-order chi connectivity index (χ0) is 15.8. The monoisotopic (exact) mass is 379 g/mol. The minimum Gasteiger partial charge on any atom is -0.380 e. The third-order valence-corrected chi connectivity index (χ3v) is 3.76. The zero-order valence-corrected chi connectivity index (χ0v) is 15.5. The molecule has 2 rings (SSSR count). The van der Waals surface area contributed by atoms with Crippen LogP contribution in [-0.4, -0.2) is 56.9 Å². The maximum atomic E-state index is 11.9. The fourth-order valence-electron chi connectivity index (χ4n) is 2.39. The predicted octanol–water partition coefficient (Wildman–Crippen LogP) is 1.66. The van der Waals surface area contributed by atoms with Gasteiger partial charge in [-0.2, -0.15) is 0 Å². The van der Waals surface area contributed by atoms with Crippen LogP contribution in [0.1, 0.15) is 12.0 Å². The molecule has 1 unspecified atom stereocenters. The van der Waals surface area contributed by atoms with Gasteiger partial charge < -0.3 is 20.5 Å². The predicted molar refractivity (Wildman–Crippen MR) is 100 cm³/mol. The van der Waals surface area contributed by atoms with Gasteiger partial charge in [-0.15, -0.1) is 24.8 Å². The van der Waals surface area contributed by atoms with E-state index in [4.69, 9.17) is 15.2 Å². The van der Waals surface area contributed by atoms with Crippen molar-refractivity contribution in [2.75, 3.05) is 45.3 Å². The molecule has 1 fully saturated rings. The lowest BCUT2D eigenvalue weighted by Gasteiger charge is -2.26. The number of nitrogens with two attached hydrogens (primary N) is 1. The molecule has 1 amide bonds. The number of ether oxygens (including phenoxy) is 2. The molecule has 3 N–H and O–H groups in total. The van der Waals surface area contributed by atoms with Crippen LogP contribution in [0.2, 0.25) is 0 Å². The Morgan fingerprint density at radius 1 is 1.29 bits per heavy atom. The Hall–Kier alpha value is -0.890. The van der Waals surface area contributed by atoms with Crippen molar-refractivity contribution in [2.24, 2.45) is 5.73 Å².